The van der Waals surface area contributed by atoms with Crippen LogP contribution in [0.1, 0.15) is 38.3 Å². The van der Waals surface area contributed by atoms with Crippen molar-refractivity contribution >= 4 is 0 Å². The van der Waals surface area contributed by atoms with Gasteiger partial charge < -0.3 is 10.1 Å². The Bertz CT molecular complexity index is 364. The number of benzene rings is 1. The van der Waals surface area contributed by atoms with Gasteiger partial charge >= 0.3 is 0 Å². The Morgan fingerprint density at radius 2 is 2.00 bits per heavy atom. The lowest BCUT2D eigenvalue weighted by Crippen LogP contribution is -2.29. The molecule has 0 bridgehead atoms. The van der Waals surface area contributed by atoms with Crippen molar-refractivity contribution in [2.45, 2.75) is 38.8 Å². The highest BCUT2D eigenvalue weighted by atomic mass is 16.5. The third-order valence-electron chi connectivity index (χ3n) is 2.84. The SMILES string of the molecule is C#CCC(C)NC(CC)c1ccc(OC)cc1. The third-order valence-corrected chi connectivity index (χ3v) is 2.84. The van der Waals surface area contributed by atoms with Gasteiger partial charge in [0.1, 0.15) is 5.75 Å². The molecule has 2 atom stereocenters. The lowest BCUT2D eigenvalue weighted by atomic mass is 10.0. The van der Waals surface area contributed by atoms with Gasteiger partial charge in [-0.15, -0.1) is 12.3 Å². The standard InChI is InChI=1S/C15H21NO/c1-5-7-12(3)16-15(6-2)13-8-10-14(17-4)11-9-13/h1,8-12,15-16H,6-7H2,2-4H3. The van der Waals surface area contributed by atoms with Crippen LogP contribution in [0.25, 0.3) is 0 Å². The number of hydrogen-bond acceptors (Lipinski definition) is 2. The quantitative estimate of drug-likeness (QED) is 0.759. The van der Waals surface area contributed by atoms with Crippen LogP contribution in [-0.4, -0.2) is 13.2 Å². The maximum absolute atomic E-state index is 5.32. The predicted molar refractivity (Wildman–Crippen MR) is 72.1 cm³/mol. The van der Waals surface area contributed by atoms with E-state index in [1.54, 1.807) is 7.11 Å². The summed E-state index contributed by atoms with van der Waals surface area (Å²) < 4.78 is 5.16. The maximum atomic E-state index is 5.32. The van der Waals surface area contributed by atoms with Gasteiger partial charge in [0.15, 0.2) is 0 Å². The lowest BCUT2D eigenvalue weighted by molar-refractivity contribution is 0.413. The predicted octanol–water partition coefficient (Wildman–Crippen LogP) is 3.15. The van der Waals surface area contributed by atoms with E-state index < -0.39 is 0 Å². The van der Waals surface area contributed by atoms with Crippen LogP contribution in [0.3, 0.4) is 0 Å². The smallest absolute Gasteiger partial charge is 0.118 e. The van der Waals surface area contributed by atoms with Crippen molar-refractivity contribution in [2.75, 3.05) is 7.11 Å². The fourth-order valence-corrected chi connectivity index (χ4v) is 1.87. The van der Waals surface area contributed by atoms with E-state index in [9.17, 15) is 0 Å². The highest BCUT2D eigenvalue weighted by molar-refractivity contribution is 5.29. The van der Waals surface area contributed by atoms with Crippen LogP contribution in [0, 0.1) is 12.3 Å². The Morgan fingerprint density at radius 1 is 1.35 bits per heavy atom. The molecule has 2 unspecified atom stereocenters. The molecule has 0 aliphatic rings. The number of terminal acetylenes is 1. The molecule has 1 aromatic rings. The van der Waals surface area contributed by atoms with E-state index in [-0.39, 0.29) is 0 Å². The highest BCUT2D eigenvalue weighted by Gasteiger charge is 2.11. The van der Waals surface area contributed by atoms with Crippen LogP contribution in [0.4, 0.5) is 0 Å². The summed E-state index contributed by atoms with van der Waals surface area (Å²) in [4.78, 5) is 0. The van der Waals surface area contributed by atoms with Crippen LogP contribution in [-0.2, 0) is 0 Å². The summed E-state index contributed by atoms with van der Waals surface area (Å²) in [7, 11) is 1.68. The van der Waals surface area contributed by atoms with Gasteiger partial charge in [-0.3, -0.25) is 0 Å². The van der Waals surface area contributed by atoms with Gasteiger partial charge in [0.05, 0.1) is 7.11 Å². The van der Waals surface area contributed by atoms with E-state index in [4.69, 9.17) is 11.2 Å². The van der Waals surface area contributed by atoms with Gasteiger partial charge in [-0.05, 0) is 31.0 Å². The van der Waals surface area contributed by atoms with Gasteiger partial charge in [0.25, 0.3) is 0 Å². The van der Waals surface area contributed by atoms with Gasteiger partial charge in [0, 0.05) is 18.5 Å². The first-order valence-electron chi connectivity index (χ1n) is 6.04. The van der Waals surface area contributed by atoms with Gasteiger partial charge in [0.2, 0.25) is 0 Å². The van der Waals surface area contributed by atoms with E-state index in [2.05, 4.69) is 37.2 Å². The van der Waals surface area contributed by atoms with Crippen molar-refractivity contribution in [1.82, 2.24) is 5.32 Å². The molecule has 0 aromatic heterocycles. The molecule has 17 heavy (non-hydrogen) atoms. The Balaban J connectivity index is 2.69. The molecule has 0 saturated carbocycles. The summed E-state index contributed by atoms with van der Waals surface area (Å²) in [5.74, 6) is 3.57. The van der Waals surface area contributed by atoms with E-state index in [1.165, 1.54) is 5.56 Å². The molecule has 0 spiro atoms. The number of ether oxygens (including phenoxy) is 1. The van der Waals surface area contributed by atoms with Gasteiger partial charge in [-0.1, -0.05) is 19.1 Å². The first-order chi connectivity index (χ1) is 8.21. The van der Waals surface area contributed by atoms with Gasteiger partial charge in [-0.2, -0.15) is 0 Å². The highest BCUT2D eigenvalue weighted by Crippen LogP contribution is 2.20. The number of rotatable bonds is 6. The fourth-order valence-electron chi connectivity index (χ4n) is 1.87. The molecule has 2 nitrogen and oxygen atoms in total. The van der Waals surface area contributed by atoms with Crippen LogP contribution in [0.5, 0.6) is 5.75 Å². The Morgan fingerprint density at radius 3 is 2.47 bits per heavy atom. The molecule has 0 amide bonds. The van der Waals surface area contributed by atoms with Crippen molar-refractivity contribution in [2.24, 2.45) is 0 Å². The minimum absolute atomic E-state index is 0.340. The molecule has 2 heteroatoms. The molecular formula is C15H21NO. The van der Waals surface area contributed by atoms with Crippen molar-refractivity contribution in [3.63, 3.8) is 0 Å². The van der Waals surface area contributed by atoms with E-state index in [1.807, 2.05) is 12.1 Å². The van der Waals surface area contributed by atoms with Crippen LogP contribution < -0.4 is 10.1 Å². The van der Waals surface area contributed by atoms with Crippen molar-refractivity contribution in [1.29, 1.82) is 0 Å². The number of nitrogens with one attached hydrogen (secondary N) is 1. The summed E-state index contributed by atoms with van der Waals surface area (Å²) in [5.41, 5.74) is 1.28. The maximum Gasteiger partial charge on any atom is 0.118 e. The largest absolute Gasteiger partial charge is 0.497 e. The topological polar surface area (TPSA) is 21.3 Å². The average Bonchev–Trinajstić information content (AvgIpc) is 2.36. The molecular weight excluding hydrogens is 210 g/mol. The zero-order chi connectivity index (χ0) is 12.7. The molecule has 0 fully saturated rings. The van der Waals surface area contributed by atoms with Crippen molar-refractivity contribution < 1.29 is 4.74 Å². The number of methoxy groups -OCH3 is 1. The molecule has 1 aromatic carbocycles. The normalized spacial score (nSPS) is 13.8. The summed E-state index contributed by atoms with van der Waals surface area (Å²) in [5, 5.41) is 3.54. The van der Waals surface area contributed by atoms with Gasteiger partial charge in [-0.25, -0.2) is 0 Å². The van der Waals surface area contributed by atoms with E-state index in [0.29, 0.717) is 12.1 Å². The molecule has 0 aliphatic carbocycles. The minimum atomic E-state index is 0.340. The van der Waals surface area contributed by atoms with Crippen molar-refractivity contribution in [3.05, 3.63) is 29.8 Å². The average molecular weight is 231 g/mol. The second kappa shape index (κ2) is 6.98. The molecule has 0 heterocycles. The Kier molecular flexibility index (Phi) is 5.59. The van der Waals surface area contributed by atoms with Crippen LogP contribution >= 0.6 is 0 Å². The van der Waals surface area contributed by atoms with Crippen LogP contribution in [0.2, 0.25) is 0 Å². The van der Waals surface area contributed by atoms with Crippen molar-refractivity contribution in [3.8, 4) is 18.1 Å². The lowest BCUT2D eigenvalue weighted by Gasteiger charge is -2.21. The minimum Gasteiger partial charge on any atom is -0.497 e. The molecule has 0 aliphatic heterocycles. The Hall–Kier alpha value is -1.46. The monoisotopic (exact) mass is 231 g/mol. The van der Waals surface area contributed by atoms with E-state index >= 15 is 0 Å². The molecule has 0 radical (unpaired) electrons. The third kappa shape index (κ3) is 4.13. The number of hydrogen-bond donors (Lipinski definition) is 1. The van der Waals surface area contributed by atoms with Crippen LogP contribution in [0.15, 0.2) is 24.3 Å². The fraction of sp³-hybridized carbons (Fsp3) is 0.467. The second-order valence-electron chi connectivity index (χ2n) is 4.21. The summed E-state index contributed by atoms with van der Waals surface area (Å²) in [6.07, 6.45) is 7.12. The summed E-state index contributed by atoms with van der Waals surface area (Å²) in [6.45, 7) is 4.29. The molecule has 1 N–H and O–H groups in total. The zero-order valence-corrected chi connectivity index (χ0v) is 10.9. The zero-order valence-electron chi connectivity index (χ0n) is 10.9. The van der Waals surface area contributed by atoms with E-state index in [0.717, 1.165) is 18.6 Å². The molecule has 0 saturated heterocycles. The summed E-state index contributed by atoms with van der Waals surface area (Å²) in [6, 6.07) is 8.87. The Labute approximate surface area is 104 Å². The molecule has 1 rings (SSSR count). The molecule has 92 valence electrons. The first kappa shape index (κ1) is 13.6. The summed E-state index contributed by atoms with van der Waals surface area (Å²) >= 11 is 0. The first-order valence-corrected chi connectivity index (χ1v) is 6.04. The second-order valence-corrected chi connectivity index (χ2v) is 4.21.